The highest BCUT2D eigenvalue weighted by atomic mass is 32.2. The fourth-order valence-corrected chi connectivity index (χ4v) is 4.06. The van der Waals surface area contributed by atoms with Crippen LogP contribution >= 0.6 is 11.8 Å². The average Bonchev–Trinajstić information content (AvgIpc) is 2.83. The Kier molecular flexibility index (Phi) is 9.45. The van der Waals surface area contributed by atoms with Crippen molar-refractivity contribution >= 4 is 17.7 Å². The Bertz CT molecular complexity index is 1090. The number of halogens is 3. The maximum Gasteiger partial charge on any atom is 0.416 e. The molecule has 0 spiro atoms. The first-order valence-electron chi connectivity index (χ1n) is 10.7. The Morgan fingerprint density at radius 1 is 1.00 bits per heavy atom. The number of alkyl halides is 3. The number of carbonyl (C=O) groups is 1. The van der Waals surface area contributed by atoms with Crippen LogP contribution in [0.4, 0.5) is 13.2 Å². The van der Waals surface area contributed by atoms with Crippen molar-refractivity contribution in [3.63, 3.8) is 0 Å². The van der Waals surface area contributed by atoms with E-state index < -0.39 is 24.3 Å². The predicted molar refractivity (Wildman–Crippen MR) is 127 cm³/mol. The van der Waals surface area contributed by atoms with Gasteiger partial charge in [-0.3, -0.25) is 0 Å². The second-order valence-corrected chi connectivity index (χ2v) is 8.77. The van der Waals surface area contributed by atoms with Gasteiger partial charge >= 0.3 is 12.1 Å². The first-order chi connectivity index (χ1) is 16.7. The van der Waals surface area contributed by atoms with Gasteiger partial charge in [0.25, 0.3) is 0 Å². The van der Waals surface area contributed by atoms with E-state index in [1.54, 1.807) is 6.07 Å². The molecule has 0 fully saturated rings. The van der Waals surface area contributed by atoms with Gasteiger partial charge in [0, 0.05) is 10.6 Å². The van der Waals surface area contributed by atoms with Crippen LogP contribution in [0.2, 0.25) is 0 Å². The summed E-state index contributed by atoms with van der Waals surface area (Å²) >= 11 is 1.53. The van der Waals surface area contributed by atoms with E-state index in [0.717, 1.165) is 28.2 Å². The lowest BCUT2D eigenvalue weighted by Gasteiger charge is -2.19. The number of benzene rings is 3. The molecule has 0 saturated carbocycles. The molecular weight excluding hydrogens is 481 g/mol. The van der Waals surface area contributed by atoms with Crippen LogP contribution in [-0.4, -0.2) is 36.1 Å². The lowest BCUT2D eigenvalue weighted by Crippen LogP contribution is -2.24. The van der Waals surface area contributed by atoms with Crippen LogP contribution in [0.3, 0.4) is 0 Å². The first kappa shape index (κ1) is 26.4. The minimum absolute atomic E-state index is 0.157. The van der Waals surface area contributed by atoms with E-state index in [0.29, 0.717) is 23.9 Å². The normalized spacial score (nSPS) is 12.2. The Hall–Kier alpha value is -3.17. The number of carboxylic acid groups (broad SMARTS) is 1. The minimum atomic E-state index is -4.40. The van der Waals surface area contributed by atoms with E-state index in [-0.39, 0.29) is 12.7 Å². The van der Waals surface area contributed by atoms with E-state index in [9.17, 15) is 18.0 Å². The minimum Gasteiger partial charge on any atom is -0.491 e. The molecule has 0 heterocycles. The quantitative estimate of drug-likeness (QED) is 0.294. The predicted octanol–water partition coefficient (Wildman–Crippen LogP) is 6.23. The largest absolute Gasteiger partial charge is 0.491 e. The standard InChI is InChI=1S/C26H25F3O5S/c1-18-13-23(11-12-24(18)34-16-25(30)31)35-17-22(32-14-19-5-3-2-4-6-19)15-33-21-9-7-20(8-10-21)26(27,28)29/h2-13,22H,14-17H2,1H3,(H,30,31). The average molecular weight is 507 g/mol. The van der Waals surface area contributed by atoms with Gasteiger partial charge in [0.1, 0.15) is 24.2 Å². The molecule has 0 aliphatic rings. The smallest absolute Gasteiger partial charge is 0.416 e. The van der Waals surface area contributed by atoms with Crippen molar-refractivity contribution in [1.82, 2.24) is 0 Å². The first-order valence-corrected chi connectivity index (χ1v) is 11.7. The second kappa shape index (κ2) is 12.5. The third-order valence-corrected chi connectivity index (χ3v) is 6.01. The van der Waals surface area contributed by atoms with Gasteiger partial charge in [-0.2, -0.15) is 13.2 Å². The van der Waals surface area contributed by atoms with E-state index >= 15 is 0 Å². The van der Waals surface area contributed by atoms with Crippen LogP contribution in [0.25, 0.3) is 0 Å². The molecular formula is C26H25F3O5S. The van der Waals surface area contributed by atoms with Gasteiger partial charge in [-0.1, -0.05) is 30.3 Å². The highest BCUT2D eigenvalue weighted by molar-refractivity contribution is 7.99. The topological polar surface area (TPSA) is 65.0 Å². The molecule has 0 aromatic heterocycles. The summed E-state index contributed by atoms with van der Waals surface area (Å²) in [4.78, 5) is 11.7. The maximum absolute atomic E-state index is 12.8. The van der Waals surface area contributed by atoms with Gasteiger partial charge < -0.3 is 19.3 Å². The molecule has 5 nitrogen and oxygen atoms in total. The molecule has 1 atom stereocenters. The zero-order valence-electron chi connectivity index (χ0n) is 19.0. The number of hydrogen-bond acceptors (Lipinski definition) is 5. The number of carboxylic acids is 1. The number of aryl methyl sites for hydroxylation is 1. The molecule has 1 N–H and O–H groups in total. The summed E-state index contributed by atoms with van der Waals surface area (Å²) in [6.45, 7) is 1.94. The number of thioether (sulfide) groups is 1. The monoisotopic (exact) mass is 506 g/mol. The number of hydrogen-bond donors (Lipinski definition) is 1. The molecule has 0 amide bonds. The van der Waals surface area contributed by atoms with Gasteiger partial charge in [-0.25, -0.2) is 4.79 Å². The third-order valence-electron chi connectivity index (χ3n) is 4.88. The summed E-state index contributed by atoms with van der Waals surface area (Å²) in [6.07, 6.45) is -4.74. The third kappa shape index (κ3) is 8.84. The van der Waals surface area contributed by atoms with Crippen molar-refractivity contribution < 1.29 is 37.3 Å². The molecule has 9 heteroatoms. The molecule has 3 rings (SSSR count). The Morgan fingerprint density at radius 3 is 2.34 bits per heavy atom. The van der Waals surface area contributed by atoms with Crippen LogP contribution in [0.5, 0.6) is 11.5 Å². The maximum atomic E-state index is 12.8. The zero-order chi connectivity index (χ0) is 25.3. The van der Waals surface area contributed by atoms with E-state index in [4.69, 9.17) is 19.3 Å². The van der Waals surface area contributed by atoms with Crippen molar-refractivity contribution in [2.75, 3.05) is 19.0 Å². The van der Waals surface area contributed by atoms with Crippen molar-refractivity contribution in [2.45, 2.75) is 30.7 Å². The molecule has 3 aromatic rings. The summed E-state index contributed by atoms with van der Waals surface area (Å²) < 4.78 is 55.4. The summed E-state index contributed by atoms with van der Waals surface area (Å²) in [5.41, 5.74) is 1.07. The molecule has 186 valence electrons. The van der Waals surface area contributed by atoms with Gasteiger partial charge in [-0.05, 0) is 60.5 Å². The van der Waals surface area contributed by atoms with Crippen LogP contribution in [0.15, 0.2) is 77.7 Å². The van der Waals surface area contributed by atoms with Crippen LogP contribution in [0.1, 0.15) is 16.7 Å². The molecule has 1 unspecified atom stereocenters. The highest BCUT2D eigenvalue weighted by Crippen LogP contribution is 2.31. The zero-order valence-corrected chi connectivity index (χ0v) is 19.8. The molecule has 0 radical (unpaired) electrons. The van der Waals surface area contributed by atoms with Crippen molar-refractivity contribution in [3.8, 4) is 11.5 Å². The van der Waals surface area contributed by atoms with E-state index in [2.05, 4.69) is 0 Å². The molecule has 0 saturated heterocycles. The van der Waals surface area contributed by atoms with Crippen LogP contribution in [-0.2, 0) is 22.3 Å². The fraction of sp³-hybridized carbons (Fsp3) is 0.269. The van der Waals surface area contributed by atoms with Gasteiger partial charge in [0.15, 0.2) is 6.61 Å². The number of rotatable bonds is 12. The Morgan fingerprint density at radius 2 is 1.71 bits per heavy atom. The SMILES string of the molecule is Cc1cc(SCC(COc2ccc(C(F)(F)F)cc2)OCc2ccccc2)ccc1OCC(=O)O. The Labute approximate surface area is 205 Å². The Balaban J connectivity index is 1.61. The van der Waals surface area contributed by atoms with Gasteiger partial charge in [-0.15, -0.1) is 11.8 Å². The lowest BCUT2D eigenvalue weighted by molar-refractivity contribution is -0.139. The lowest BCUT2D eigenvalue weighted by atomic mass is 10.2. The van der Waals surface area contributed by atoms with Crippen molar-refractivity contribution in [1.29, 1.82) is 0 Å². The molecule has 3 aromatic carbocycles. The molecule has 0 bridgehead atoms. The van der Waals surface area contributed by atoms with Gasteiger partial charge in [0.2, 0.25) is 0 Å². The molecule has 0 aliphatic carbocycles. The summed E-state index contributed by atoms with van der Waals surface area (Å²) in [5.74, 6) is 0.308. The van der Waals surface area contributed by atoms with Gasteiger partial charge in [0.05, 0.1) is 12.2 Å². The fourth-order valence-electron chi connectivity index (χ4n) is 3.06. The number of ether oxygens (including phenoxy) is 3. The van der Waals surface area contributed by atoms with Crippen LogP contribution in [0, 0.1) is 6.92 Å². The highest BCUT2D eigenvalue weighted by Gasteiger charge is 2.30. The van der Waals surface area contributed by atoms with Crippen molar-refractivity contribution in [2.24, 2.45) is 0 Å². The summed E-state index contributed by atoms with van der Waals surface area (Å²) in [5, 5.41) is 8.78. The van der Waals surface area contributed by atoms with E-state index in [1.807, 2.05) is 49.4 Å². The summed E-state index contributed by atoms with van der Waals surface area (Å²) in [7, 11) is 0. The molecule has 35 heavy (non-hydrogen) atoms. The van der Waals surface area contributed by atoms with E-state index in [1.165, 1.54) is 23.9 Å². The molecule has 0 aliphatic heterocycles. The number of aliphatic carboxylic acids is 1. The van der Waals surface area contributed by atoms with Crippen LogP contribution < -0.4 is 9.47 Å². The van der Waals surface area contributed by atoms with Crippen molar-refractivity contribution in [3.05, 3.63) is 89.5 Å². The summed E-state index contributed by atoms with van der Waals surface area (Å²) in [6, 6.07) is 19.6. The second-order valence-electron chi connectivity index (χ2n) is 7.67.